The molecule has 8 aromatic carbocycles. The SMILES string of the molecule is c1ccc(N(c2ccccc2)c2ccc(-n3c4ccccc4c4cc(-c5ccc6c(c5)c5ccccc5n6-c5cc(-c6ccccn6)cc(-c6ccccn6)c5)ccc43)cc2)cc1. The second-order valence-electron chi connectivity index (χ2n) is 15.9. The molecule has 0 radical (unpaired) electrons. The van der Waals surface area contributed by atoms with Gasteiger partial charge in [-0.1, -0.05) is 97.1 Å². The molecule has 12 aromatic rings. The van der Waals surface area contributed by atoms with E-state index >= 15 is 0 Å². The topological polar surface area (TPSA) is 38.9 Å². The lowest BCUT2D eigenvalue weighted by molar-refractivity contribution is 1.17. The smallest absolute Gasteiger partial charge is 0.0702 e. The van der Waals surface area contributed by atoms with Gasteiger partial charge in [0.05, 0.1) is 33.5 Å². The Labute approximate surface area is 365 Å². The fraction of sp³-hybridized carbons (Fsp3) is 0. The number of hydrogen-bond acceptors (Lipinski definition) is 3. The molecule has 5 nitrogen and oxygen atoms in total. The Hall–Kier alpha value is -8.54. The monoisotopic (exact) mass is 805 g/mol. The van der Waals surface area contributed by atoms with Crippen LogP contribution in [-0.2, 0) is 0 Å². The van der Waals surface area contributed by atoms with Gasteiger partial charge < -0.3 is 14.0 Å². The quantitative estimate of drug-likeness (QED) is 0.154. The van der Waals surface area contributed by atoms with Gasteiger partial charge >= 0.3 is 0 Å². The molecule has 4 heterocycles. The van der Waals surface area contributed by atoms with E-state index in [0.717, 1.165) is 62.0 Å². The summed E-state index contributed by atoms with van der Waals surface area (Å²) in [4.78, 5) is 11.8. The molecular weight excluding hydrogens is 767 g/mol. The number of hydrogen-bond donors (Lipinski definition) is 0. The highest BCUT2D eigenvalue weighted by Gasteiger charge is 2.19. The third-order valence-corrected chi connectivity index (χ3v) is 12.2. The fourth-order valence-corrected chi connectivity index (χ4v) is 9.32. The summed E-state index contributed by atoms with van der Waals surface area (Å²) in [5, 5.41) is 4.85. The molecule has 0 saturated heterocycles. The van der Waals surface area contributed by atoms with Gasteiger partial charge in [-0.05, 0) is 139 Å². The summed E-state index contributed by atoms with van der Waals surface area (Å²) in [5.74, 6) is 0. The molecule has 0 saturated carbocycles. The highest BCUT2D eigenvalue weighted by molar-refractivity contribution is 6.13. The lowest BCUT2D eigenvalue weighted by atomic mass is 10.0. The Morgan fingerprint density at radius 2 is 0.714 bits per heavy atom. The zero-order valence-electron chi connectivity index (χ0n) is 34.3. The maximum Gasteiger partial charge on any atom is 0.0702 e. The Morgan fingerprint density at radius 1 is 0.286 bits per heavy atom. The zero-order valence-corrected chi connectivity index (χ0v) is 34.3. The van der Waals surface area contributed by atoms with Crippen molar-refractivity contribution in [2.24, 2.45) is 0 Å². The van der Waals surface area contributed by atoms with Gasteiger partial charge in [0, 0.05) is 73.5 Å². The minimum Gasteiger partial charge on any atom is -0.311 e. The highest BCUT2D eigenvalue weighted by atomic mass is 15.1. The van der Waals surface area contributed by atoms with E-state index in [0.29, 0.717) is 0 Å². The number of pyridine rings is 2. The molecule has 0 spiro atoms. The van der Waals surface area contributed by atoms with Crippen LogP contribution in [0.1, 0.15) is 0 Å². The molecule has 63 heavy (non-hydrogen) atoms. The second-order valence-corrected chi connectivity index (χ2v) is 15.9. The van der Waals surface area contributed by atoms with E-state index in [1.807, 2.05) is 36.7 Å². The number of anilines is 3. The van der Waals surface area contributed by atoms with E-state index in [1.54, 1.807) is 0 Å². The molecule has 0 aliphatic heterocycles. The van der Waals surface area contributed by atoms with Crippen LogP contribution in [0.15, 0.2) is 237 Å². The van der Waals surface area contributed by atoms with Gasteiger partial charge in [-0.25, -0.2) is 0 Å². The van der Waals surface area contributed by atoms with Gasteiger partial charge in [-0.3, -0.25) is 9.97 Å². The molecule has 296 valence electrons. The first-order valence-corrected chi connectivity index (χ1v) is 21.3. The molecule has 0 aliphatic carbocycles. The van der Waals surface area contributed by atoms with Gasteiger partial charge in [0.15, 0.2) is 0 Å². The predicted octanol–water partition coefficient (Wildman–Crippen LogP) is 15.1. The summed E-state index contributed by atoms with van der Waals surface area (Å²) < 4.78 is 4.77. The minimum absolute atomic E-state index is 0.922. The third kappa shape index (κ3) is 6.34. The first-order valence-electron chi connectivity index (χ1n) is 21.3. The molecule has 0 aliphatic rings. The summed E-state index contributed by atoms with van der Waals surface area (Å²) in [6.45, 7) is 0. The normalized spacial score (nSPS) is 11.5. The van der Waals surface area contributed by atoms with Crippen LogP contribution in [-0.4, -0.2) is 19.1 Å². The van der Waals surface area contributed by atoms with Crippen LogP contribution < -0.4 is 4.90 Å². The van der Waals surface area contributed by atoms with Crippen LogP contribution in [0.25, 0.3) is 88.6 Å². The Morgan fingerprint density at radius 3 is 1.21 bits per heavy atom. The van der Waals surface area contributed by atoms with Crippen LogP contribution in [0.3, 0.4) is 0 Å². The van der Waals surface area contributed by atoms with Crippen LogP contribution in [0.2, 0.25) is 0 Å². The standard InChI is InChI=1S/C58H39N5/c1-3-15-44(16-4-1)61(45-17-5-2-6-18-45)46-27-29-47(30-28-46)62-55-23-9-7-19-49(55)51-38-40(25-31-57(51)62)41-26-32-58-52(39-41)50-20-8-10-24-56(50)63(58)48-36-42(53-21-11-13-33-59-53)35-43(37-48)54-22-12-14-34-60-54/h1-39H. The Bertz CT molecular complexity index is 3500. The Kier molecular flexibility index (Phi) is 8.75. The van der Waals surface area contributed by atoms with Crippen LogP contribution in [0.5, 0.6) is 0 Å². The molecule has 0 bridgehead atoms. The van der Waals surface area contributed by atoms with Gasteiger partial charge in [0.25, 0.3) is 0 Å². The third-order valence-electron chi connectivity index (χ3n) is 12.2. The summed E-state index contributed by atoms with van der Waals surface area (Å²) >= 11 is 0. The van der Waals surface area contributed by atoms with Gasteiger partial charge in [-0.2, -0.15) is 0 Å². The maximum atomic E-state index is 4.73. The largest absolute Gasteiger partial charge is 0.311 e. The lowest BCUT2D eigenvalue weighted by Gasteiger charge is -2.25. The maximum absolute atomic E-state index is 4.73. The highest BCUT2D eigenvalue weighted by Crippen LogP contribution is 2.41. The first-order chi connectivity index (χ1) is 31.2. The second kappa shape index (κ2) is 15.2. The van der Waals surface area contributed by atoms with Gasteiger partial charge in [0.2, 0.25) is 0 Å². The molecule has 5 heteroatoms. The fourth-order valence-electron chi connectivity index (χ4n) is 9.32. The molecular formula is C58H39N5. The lowest BCUT2D eigenvalue weighted by Crippen LogP contribution is -2.09. The van der Waals surface area contributed by atoms with E-state index in [-0.39, 0.29) is 0 Å². The molecule has 0 N–H and O–H groups in total. The van der Waals surface area contributed by atoms with Crippen molar-refractivity contribution < 1.29 is 0 Å². The summed E-state index contributed by atoms with van der Waals surface area (Å²) in [5.41, 5.74) is 16.4. The van der Waals surface area contributed by atoms with E-state index in [2.05, 4.69) is 214 Å². The van der Waals surface area contributed by atoms with E-state index in [1.165, 1.54) is 43.7 Å². The number of aromatic nitrogens is 4. The van der Waals surface area contributed by atoms with E-state index in [9.17, 15) is 0 Å². The van der Waals surface area contributed by atoms with Crippen LogP contribution in [0, 0.1) is 0 Å². The molecule has 0 unspecified atom stereocenters. The van der Waals surface area contributed by atoms with Crippen molar-refractivity contribution in [3.63, 3.8) is 0 Å². The molecule has 12 rings (SSSR count). The molecule has 4 aromatic heterocycles. The van der Waals surface area contributed by atoms with Crippen molar-refractivity contribution in [1.82, 2.24) is 19.1 Å². The van der Waals surface area contributed by atoms with Crippen LogP contribution in [0.4, 0.5) is 17.1 Å². The van der Waals surface area contributed by atoms with Gasteiger partial charge in [0.1, 0.15) is 0 Å². The van der Waals surface area contributed by atoms with Gasteiger partial charge in [-0.15, -0.1) is 0 Å². The van der Waals surface area contributed by atoms with Crippen molar-refractivity contribution >= 4 is 60.7 Å². The molecule has 0 atom stereocenters. The summed E-state index contributed by atoms with van der Waals surface area (Å²) in [6.07, 6.45) is 3.70. The molecule has 0 fully saturated rings. The van der Waals surface area contributed by atoms with Crippen molar-refractivity contribution in [2.75, 3.05) is 4.90 Å². The summed E-state index contributed by atoms with van der Waals surface area (Å²) in [7, 11) is 0. The number of fused-ring (bicyclic) bond motifs is 6. The number of nitrogens with zero attached hydrogens (tertiary/aromatic N) is 5. The average molecular weight is 806 g/mol. The number of benzene rings is 8. The minimum atomic E-state index is 0.922. The van der Waals surface area contributed by atoms with Crippen molar-refractivity contribution in [3.05, 3.63) is 237 Å². The molecule has 0 amide bonds. The van der Waals surface area contributed by atoms with E-state index < -0.39 is 0 Å². The van der Waals surface area contributed by atoms with Crippen molar-refractivity contribution in [3.8, 4) is 45.0 Å². The van der Waals surface area contributed by atoms with Crippen LogP contribution >= 0.6 is 0 Å². The van der Waals surface area contributed by atoms with Crippen molar-refractivity contribution in [2.45, 2.75) is 0 Å². The van der Waals surface area contributed by atoms with E-state index in [4.69, 9.17) is 9.97 Å². The number of para-hydroxylation sites is 4. The zero-order chi connectivity index (χ0) is 41.7. The Balaban J connectivity index is 0.968. The number of rotatable bonds is 8. The summed E-state index contributed by atoms with van der Waals surface area (Å²) in [6, 6.07) is 80.1. The predicted molar refractivity (Wildman–Crippen MR) is 262 cm³/mol. The average Bonchev–Trinajstić information content (AvgIpc) is 3.88. The first kappa shape index (κ1) is 36.3. The van der Waals surface area contributed by atoms with Crippen molar-refractivity contribution in [1.29, 1.82) is 0 Å².